The number of halogens is 1. The smallest absolute Gasteiger partial charge is 0.478 e. The lowest BCUT2D eigenvalue weighted by molar-refractivity contribution is 0.0697. The third-order valence-corrected chi connectivity index (χ3v) is 3.04. The van der Waals surface area contributed by atoms with E-state index in [0.29, 0.717) is 16.6 Å². The van der Waals surface area contributed by atoms with Crippen LogP contribution >= 0.6 is 11.6 Å². The maximum atomic E-state index is 11.0. The highest BCUT2D eigenvalue weighted by molar-refractivity contribution is 6.58. The van der Waals surface area contributed by atoms with E-state index in [1.54, 1.807) is 30.3 Å². The third-order valence-electron chi connectivity index (χ3n) is 2.71. The van der Waals surface area contributed by atoms with Gasteiger partial charge in [0, 0.05) is 0 Å². The van der Waals surface area contributed by atoms with Crippen molar-refractivity contribution in [3.63, 3.8) is 0 Å². The van der Waals surface area contributed by atoms with E-state index in [1.807, 2.05) is 0 Å². The van der Waals surface area contributed by atoms with Gasteiger partial charge < -0.3 is 15.2 Å². The lowest BCUT2D eigenvalue weighted by Crippen LogP contribution is -2.29. The van der Waals surface area contributed by atoms with Crippen molar-refractivity contribution in [2.45, 2.75) is 0 Å². The Hall–Kier alpha value is -1.82. The quantitative estimate of drug-likeness (QED) is 0.740. The second-order valence-corrected chi connectivity index (χ2v) is 4.41. The van der Waals surface area contributed by atoms with Crippen LogP contribution in [0.15, 0.2) is 42.5 Å². The van der Waals surface area contributed by atoms with Crippen LogP contribution in [0.1, 0.15) is 10.4 Å². The van der Waals surface area contributed by atoms with Crippen LogP contribution in [0, 0.1) is 0 Å². The highest BCUT2D eigenvalue weighted by Gasteiger charge is 2.13. The Morgan fingerprint density at radius 3 is 2.37 bits per heavy atom. The molecule has 4 nitrogen and oxygen atoms in total. The summed E-state index contributed by atoms with van der Waals surface area (Å²) >= 11 is 5.80. The molecular weight excluding hydrogens is 266 g/mol. The van der Waals surface area contributed by atoms with Crippen molar-refractivity contribution in [1.82, 2.24) is 0 Å². The largest absolute Gasteiger partial charge is 0.488 e. The maximum Gasteiger partial charge on any atom is 0.488 e. The molecule has 2 aromatic carbocycles. The molecule has 3 N–H and O–H groups in total. The number of hydrogen-bond donors (Lipinski definition) is 3. The summed E-state index contributed by atoms with van der Waals surface area (Å²) in [6, 6.07) is 11.2. The number of carboxylic acids is 1. The van der Waals surface area contributed by atoms with E-state index >= 15 is 0 Å². The van der Waals surface area contributed by atoms with Gasteiger partial charge in [0.1, 0.15) is 0 Å². The summed E-state index contributed by atoms with van der Waals surface area (Å²) in [5, 5.41) is 27.4. The molecule has 2 aromatic rings. The van der Waals surface area contributed by atoms with Crippen molar-refractivity contribution >= 4 is 30.2 Å². The first kappa shape index (κ1) is 13.6. The minimum absolute atomic E-state index is 0.00844. The topological polar surface area (TPSA) is 77.8 Å². The highest BCUT2D eigenvalue weighted by atomic mass is 35.5. The Kier molecular flexibility index (Phi) is 3.90. The van der Waals surface area contributed by atoms with E-state index in [-0.39, 0.29) is 10.6 Å². The highest BCUT2D eigenvalue weighted by Crippen LogP contribution is 2.24. The van der Waals surface area contributed by atoms with Crippen molar-refractivity contribution in [2.24, 2.45) is 0 Å². The standard InChI is InChI=1S/C13H10BClO4/c15-12-5-4-9(7-11(12)13(16)17)8-2-1-3-10(6-8)14(18)19/h1-7,18-19H,(H,16,17). The van der Waals surface area contributed by atoms with Gasteiger partial charge in [0.15, 0.2) is 0 Å². The van der Waals surface area contributed by atoms with Gasteiger partial charge in [-0.1, -0.05) is 41.9 Å². The van der Waals surface area contributed by atoms with Gasteiger partial charge in [-0.3, -0.25) is 0 Å². The van der Waals surface area contributed by atoms with E-state index in [1.165, 1.54) is 12.1 Å². The van der Waals surface area contributed by atoms with Crippen LogP contribution in [0.5, 0.6) is 0 Å². The second-order valence-electron chi connectivity index (χ2n) is 4.00. The summed E-state index contributed by atoms with van der Waals surface area (Å²) in [4.78, 5) is 11.0. The lowest BCUT2D eigenvalue weighted by Gasteiger charge is -2.07. The van der Waals surface area contributed by atoms with Gasteiger partial charge in [0.25, 0.3) is 0 Å². The minimum atomic E-state index is -1.56. The maximum absolute atomic E-state index is 11.0. The monoisotopic (exact) mass is 276 g/mol. The van der Waals surface area contributed by atoms with Crippen LogP contribution in [-0.4, -0.2) is 28.2 Å². The van der Waals surface area contributed by atoms with E-state index < -0.39 is 13.1 Å². The van der Waals surface area contributed by atoms with Gasteiger partial charge >= 0.3 is 13.1 Å². The predicted molar refractivity (Wildman–Crippen MR) is 73.7 cm³/mol. The number of aromatic carboxylic acids is 1. The fraction of sp³-hybridized carbons (Fsp3) is 0. The van der Waals surface area contributed by atoms with Crippen LogP contribution in [0.25, 0.3) is 11.1 Å². The van der Waals surface area contributed by atoms with Crippen molar-refractivity contribution in [1.29, 1.82) is 0 Å². The Bertz CT molecular complexity index is 628. The summed E-state index contributed by atoms with van der Waals surface area (Å²) in [6.07, 6.45) is 0. The molecule has 0 unspecified atom stereocenters. The Labute approximate surface area is 115 Å². The summed E-state index contributed by atoms with van der Waals surface area (Å²) in [5.41, 5.74) is 1.67. The van der Waals surface area contributed by atoms with Crippen molar-refractivity contribution in [3.05, 3.63) is 53.1 Å². The number of carbonyl (C=O) groups is 1. The van der Waals surface area contributed by atoms with Crippen LogP contribution in [-0.2, 0) is 0 Å². The van der Waals surface area contributed by atoms with Crippen molar-refractivity contribution in [3.8, 4) is 11.1 Å². The van der Waals surface area contributed by atoms with E-state index in [2.05, 4.69) is 0 Å². The average molecular weight is 276 g/mol. The third kappa shape index (κ3) is 2.96. The molecule has 0 fully saturated rings. The molecule has 0 bridgehead atoms. The average Bonchev–Trinajstić information content (AvgIpc) is 2.39. The van der Waals surface area contributed by atoms with Gasteiger partial charge in [0.05, 0.1) is 10.6 Å². The summed E-state index contributed by atoms with van der Waals surface area (Å²) in [7, 11) is -1.56. The zero-order valence-corrected chi connectivity index (χ0v) is 10.5. The Balaban J connectivity index is 2.50. The molecule has 0 heterocycles. The molecule has 0 atom stereocenters. The van der Waals surface area contributed by atoms with E-state index in [0.717, 1.165) is 0 Å². The lowest BCUT2D eigenvalue weighted by atomic mass is 9.79. The van der Waals surface area contributed by atoms with Crippen LogP contribution in [0.4, 0.5) is 0 Å². The normalized spacial score (nSPS) is 10.3. The van der Waals surface area contributed by atoms with Gasteiger partial charge in [0.2, 0.25) is 0 Å². The fourth-order valence-electron chi connectivity index (χ4n) is 1.75. The van der Waals surface area contributed by atoms with Gasteiger partial charge in [-0.15, -0.1) is 0 Å². The van der Waals surface area contributed by atoms with Gasteiger partial charge in [-0.05, 0) is 28.7 Å². The zero-order valence-electron chi connectivity index (χ0n) is 9.75. The molecule has 0 saturated heterocycles. The van der Waals surface area contributed by atoms with Crippen LogP contribution < -0.4 is 5.46 Å². The molecule has 2 rings (SSSR count). The number of rotatable bonds is 3. The first-order valence-corrected chi connectivity index (χ1v) is 5.86. The van der Waals surface area contributed by atoms with Crippen molar-refractivity contribution in [2.75, 3.05) is 0 Å². The first-order valence-electron chi connectivity index (χ1n) is 5.48. The molecule has 0 spiro atoms. The fourth-order valence-corrected chi connectivity index (χ4v) is 1.95. The SMILES string of the molecule is O=C(O)c1cc(-c2cccc(B(O)O)c2)ccc1Cl. The number of benzene rings is 2. The number of carboxylic acid groups (broad SMARTS) is 1. The molecule has 96 valence electrons. The van der Waals surface area contributed by atoms with Crippen LogP contribution in [0.2, 0.25) is 5.02 Å². The van der Waals surface area contributed by atoms with E-state index in [9.17, 15) is 4.79 Å². The zero-order chi connectivity index (χ0) is 14.0. The summed E-state index contributed by atoms with van der Waals surface area (Å²) < 4.78 is 0. The molecule has 0 aliphatic rings. The first-order chi connectivity index (χ1) is 8.99. The van der Waals surface area contributed by atoms with Gasteiger partial charge in [-0.25, -0.2) is 4.79 Å². The molecule has 0 radical (unpaired) electrons. The number of hydrogen-bond acceptors (Lipinski definition) is 3. The molecule has 6 heteroatoms. The van der Waals surface area contributed by atoms with Crippen molar-refractivity contribution < 1.29 is 19.9 Å². The Morgan fingerprint density at radius 2 is 1.74 bits per heavy atom. The van der Waals surface area contributed by atoms with Crippen LogP contribution in [0.3, 0.4) is 0 Å². The second kappa shape index (κ2) is 5.44. The summed E-state index contributed by atoms with van der Waals surface area (Å²) in [5.74, 6) is -1.11. The molecule has 19 heavy (non-hydrogen) atoms. The molecule has 0 saturated carbocycles. The molecular formula is C13H10BClO4. The minimum Gasteiger partial charge on any atom is -0.478 e. The summed E-state index contributed by atoms with van der Waals surface area (Å²) in [6.45, 7) is 0. The molecule has 0 aromatic heterocycles. The predicted octanol–water partition coefficient (Wildman–Crippen LogP) is 1.39. The molecule has 0 aliphatic carbocycles. The Morgan fingerprint density at radius 1 is 1.05 bits per heavy atom. The van der Waals surface area contributed by atoms with E-state index in [4.69, 9.17) is 26.8 Å². The van der Waals surface area contributed by atoms with Gasteiger partial charge in [-0.2, -0.15) is 0 Å². The molecule has 0 amide bonds. The molecule has 0 aliphatic heterocycles.